The second kappa shape index (κ2) is 5.66. The molecule has 0 aromatic heterocycles. The number of nitrogens with zero attached hydrogens (tertiary/aromatic N) is 1. The highest BCUT2D eigenvalue weighted by Crippen LogP contribution is 2.39. The molecular weight excluding hydrogens is 298 g/mol. The molecule has 24 heavy (non-hydrogen) atoms. The van der Waals surface area contributed by atoms with E-state index in [0.29, 0.717) is 5.56 Å². The van der Waals surface area contributed by atoms with Gasteiger partial charge in [0, 0.05) is 22.3 Å². The van der Waals surface area contributed by atoms with E-state index in [1.54, 1.807) is 6.07 Å². The Labute approximate surface area is 139 Å². The number of hydrogen-bond donors (Lipinski definition) is 2. The van der Waals surface area contributed by atoms with E-state index in [2.05, 4.69) is 10.5 Å². The van der Waals surface area contributed by atoms with Gasteiger partial charge in [-0.15, -0.1) is 0 Å². The van der Waals surface area contributed by atoms with Crippen molar-refractivity contribution in [2.45, 2.75) is 0 Å². The molecule has 0 saturated carbocycles. The average molecular weight is 313 g/mol. The normalized spacial score (nSPS) is 13.4. The molecule has 116 valence electrons. The molecule has 0 unspecified atom stereocenters. The van der Waals surface area contributed by atoms with E-state index >= 15 is 0 Å². The molecule has 0 aliphatic heterocycles. The predicted molar refractivity (Wildman–Crippen MR) is 96.1 cm³/mol. The van der Waals surface area contributed by atoms with Gasteiger partial charge in [-0.05, 0) is 23.8 Å². The summed E-state index contributed by atoms with van der Waals surface area (Å²) in [6.45, 7) is 0. The fourth-order valence-electron chi connectivity index (χ4n) is 3.05. The molecule has 1 aliphatic rings. The second-order valence-electron chi connectivity index (χ2n) is 5.58. The van der Waals surface area contributed by atoms with E-state index in [1.807, 2.05) is 66.7 Å². The van der Waals surface area contributed by atoms with Crippen molar-refractivity contribution in [3.05, 3.63) is 89.5 Å². The van der Waals surface area contributed by atoms with Gasteiger partial charge < -0.3 is 5.73 Å². The number of fused-ring (bicyclic) bond motifs is 3. The smallest absolute Gasteiger partial charge is 0.249 e. The summed E-state index contributed by atoms with van der Waals surface area (Å²) in [6, 6.07) is 23.2. The van der Waals surface area contributed by atoms with E-state index in [1.165, 1.54) is 0 Å². The highest BCUT2D eigenvalue weighted by atomic mass is 16.1. The molecule has 0 spiro atoms. The zero-order valence-electron chi connectivity index (χ0n) is 12.9. The van der Waals surface area contributed by atoms with E-state index in [9.17, 15) is 4.79 Å². The molecule has 4 nitrogen and oxygen atoms in total. The number of hydrazone groups is 1. The molecule has 0 radical (unpaired) electrons. The third kappa shape index (κ3) is 2.25. The van der Waals surface area contributed by atoms with Crippen LogP contribution < -0.4 is 11.2 Å². The van der Waals surface area contributed by atoms with E-state index in [0.717, 1.165) is 33.7 Å². The standard InChI is InChI=1S/C20H15N3O/c21-20(24)17-12-6-11-16-18(17)14-9-4-5-10-15(14)19(16)23-22-13-7-2-1-3-8-13/h1-12,22H,(H2,21,24)/b23-19+. The number of primary amides is 1. The summed E-state index contributed by atoms with van der Waals surface area (Å²) in [5, 5.41) is 4.59. The summed E-state index contributed by atoms with van der Waals surface area (Å²) in [6.07, 6.45) is 0. The van der Waals surface area contributed by atoms with Crippen molar-refractivity contribution in [2.75, 3.05) is 5.43 Å². The Kier molecular flexibility index (Phi) is 3.35. The van der Waals surface area contributed by atoms with Crippen LogP contribution in [-0.2, 0) is 0 Å². The summed E-state index contributed by atoms with van der Waals surface area (Å²) in [7, 11) is 0. The maximum atomic E-state index is 11.8. The van der Waals surface area contributed by atoms with Crippen LogP contribution in [0.4, 0.5) is 5.69 Å². The minimum absolute atomic E-state index is 0.432. The Balaban J connectivity index is 1.88. The van der Waals surface area contributed by atoms with Crippen molar-refractivity contribution >= 4 is 17.3 Å². The molecule has 1 aliphatic carbocycles. The Bertz CT molecular complexity index is 962. The van der Waals surface area contributed by atoms with Gasteiger partial charge in [-0.1, -0.05) is 54.6 Å². The van der Waals surface area contributed by atoms with Crippen molar-refractivity contribution in [3.8, 4) is 11.1 Å². The molecular formula is C20H15N3O. The zero-order valence-corrected chi connectivity index (χ0v) is 12.9. The van der Waals surface area contributed by atoms with Crippen molar-refractivity contribution in [1.82, 2.24) is 0 Å². The van der Waals surface area contributed by atoms with Gasteiger partial charge in [-0.25, -0.2) is 0 Å². The number of nitrogens with one attached hydrogen (secondary N) is 1. The molecule has 4 rings (SSSR count). The van der Waals surface area contributed by atoms with Crippen LogP contribution in [0.2, 0.25) is 0 Å². The number of carbonyl (C=O) groups excluding carboxylic acids is 1. The molecule has 3 aromatic carbocycles. The second-order valence-corrected chi connectivity index (χ2v) is 5.58. The summed E-state index contributed by atoms with van der Waals surface area (Å²) in [5.41, 5.74) is 14.6. The van der Waals surface area contributed by atoms with Crippen LogP contribution in [0.25, 0.3) is 11.1 Å². The predicted octanol–water partition coefficient (Wildman–Crippen LogP) is 3.63. The fraction of sp³-hybridized carbons (Fsp3) is 0. The lowest BCUT2D eigenvalue weighted by atomic mass is 9.99. The monoisotopic (exact) mass is 313 g/mol. The highest BCUT2D eigenvalue weighted by Gasteiger charge is 2.28. The van der Waals surface area contributed by atoms with E-state index in [-0.39, 0.29) is 0 Å². The van der Waals surface area contributed by atoms with Gasteiger partial charge >= 0.3 is 0 Å². The summed E-state index contributed by atoms with van der Waals surface area (Å²) in [4.78, 5) is 11.8. The summed E-state index contributed by atoms with van der Waals surface area (Å²) >= 11 is 0. The molecule has 3 aromatic rings. The third-order valence-corrected chi connectivity index (χ3v) is 4.11. The van der Waals surface area contributed by atoms with Gasteiger partial charge in [0.25, 0.3) is 0 Å². The first-order chi connectivity index (χ1) is 11.8. The Morgan fingerprint density at radius 2 is 1.46 bits per heavy atom. The molecule has 0 fully saturated rings. The van der Waals surface area contributed by atoms with Crippen LogP contribution >= 0.6 is 0 Å². The summed E-state index contributed by atoms with van der Waals surface area (Å²) < 4.78 is 0. The van der Waals surface area contributed by atoms with Gasteiger partial charge in [0.15, 0.2) is 0 Å². The Hall–Kier alpha value is -3.40. The minimum Gasteiger partial charge on any atom is -0.366 e. The quantitative estimate of drug-likeness (QED) is 0.567. The first-order valence-corrected chi connectivity index (χ1v) is 7.67. The fourth-order valence-corrected chi connectivity index (χ4v) is 3.05. The highest BCUT2D eigenvalue weighted by molar-refractivity contribution is 6.27. The van der Waals surface area contributed by atoms with Gasteiger partial charge in [-0.3, -0.25) is 10.2 Å². The zero-order chi connectivity index (χ0) is 16.5. The number of anilines is 1. The molecule has 3 N–H and O–H groups in total. The van der Waals surface area contributed by atoms with Gasteiger partial charge in [0.1, 0.15) is 0 Å². The number of para-hydroxylation sites is 1. The van der Waals surface area contributed by atoms with Gasteiger partial charge in [0.05, 0.1) is 11.4 Å². The van der Waals surface area contributed by atoms with Gasteiger partial charge in [0.2, 0.25) is 5.91 Å². The van der Waals surface area contributed by atoms with Crippen molar-refractivity contribution < 1.29 is 4.79 Å². The van der Waals surface area contributed by atoms with Crippen LogP contribution in [0.3, 0.4) is 0 Å². The van der Waals surface area contributed by atoms with Gasteiger partial charge in [-0.2, -0.15) is 5.10 Å². The number of carbonyl (C=O) groups is 1. The molecule has 0 bridgehead atoms. The Morgan fingerprint density at radius 1 is 0.792 bits per heavy atom. The van der Waals surface area contributed by atoms with Crippen LogP contribution in [0, 0.1) is 0 Å². The molecule has 0 heterocycles. The minimum atomic E-state index is -0.432. The molecule has 0 saturated heterocycles. The number of rotatable bonds is 3. The number of nitrogens with two attached hydrogens (primary N) is 1. The molecule has 1 amide bonds. The largest absolute Gasteiger partial charge is 0.366 e. The number of hydrogen-bond acceptors (Lipinski definition) is 3. The first-order valence-electron chi connectivity index (χ1n) is 7.67. The van der Waals surface area contributed by atoms with E-state index < -0.39 is 5.91 Å². The average Bonchev–Trinajstić information content (AvgIpc) is 2.94. The third-order valence-electron chi connectivity index (χ3n) is 4.11. The summed E-state index contributed by atoms with van der Waals surface area (Å²) in [5.74, 6) is -0.432. The van der Waals surface area contributed by atoms with Crippen molar-refractivity contribution in [1.29, 1.82) is 0 Å². The van der Waals surface area contributed by atoms with Crippen molar-refractivity contribution in [3.63, 3.8) is 0 Å². The maximum Gasteiger partial charge on any atom is 0.249 e. The lowest BCUT2D eigenvalue weighted by Crippen LogP contribution is -2.12. The molecule has 0 atom stereocenters. The van der Waals surface area contributed by atoms with Crippen LogP contribution in [0.15, 0.2) is 77.9 Å². The lowest BCUT2D eigenvalue weighted by molar-refractivity contribution is 0.100. The number of benzene rings is 3. The van der Waals surface area contributed by atoms with Crippen LogP contribution in [0.5, 0.6) is 0 Å². The SMILES string of the molecule is NC(=O)c1cccc2c1-c1ccccc1/C2=N\Nc1ccccc1. The van der Waals surface area contributed by atoms with Crippen LogP contribution in [-0.4, -0.2) is 11.6 Å². The van der Waals surface area contributed by atoms with E-state index in [4.69, 9.17) is 5.73 Å². The first kappa shape index (κ1) is 14.2. The Morgan fingerprint density at radius 3 is 2.21 bits per heavy atom. The lowest BCUT2D eigenvalue weighted by Gasteiger charge is -2.06. The molecule has 4 heteroatoms. The van der Waals surface area contributed by atoms with Crippen molar-refractivity contribution in [2.24, 2.45) is 10.8 Å². The topological polar surface area (TPSA) is 67.5 Å². The maximum absolute atomic E-state index is 11.8. The number of amides is 1. The van der Waals surface area contributed by atoms with Crippen LogP contribution in [0.1, 0.15) is 21.5 Å².